The SMILES string of the molecule is C[C@H]1C[C@]2(CCN1C(=O)OC(C)(C)C)CCS(=O)(=O)N2c1ccccn1. The van der Waals surface area contributed by atoms with Gasteiger partial charge in [-0.3, -0.25) is 0 Å². The van der Waals surface area contributed by atoms with Crippen LogP contribution in [0.3, 0.4) is 0 Å². The van der Waals surface area contributed by atoms with Crippen LogP contribution in [0.5, 0.6) is 0 Å². The van der Waals surface area contributed by atoms with E-state index in [1.54, 1.807) is 29.3 Å². The van der Waals surface area contributed by atoms with Gasteiger partial charge in [-0.25, -0.2) is 22.5 Å². The summed E-state index contributed by atoms with van der Waals surface area (Å²) in [7, 11) is -3.40. The number of likely N-dealkylation sites (tertiary alicyclic amines) is 1. The molecule has 0 radical (unpaired) electrons. The molecule has 0 aliphatic carbocycles. The lowest BCUT2D eigenvalue weighted by atomic mass is 9.81. The van der Waals surface area contributed by atoms with Crippen molar-refractivity contribution in [1.82, 2.24) is 9.88 Å². The standard InChI is InChI=1S/C18H27N3O4S/c1-14-13-18(8-11-20(14)16(22)25-17(2,3)4)9-12-26(23,24)21(18)15-7-5-6-10-19-15/h5-7,10,14H,8-9,11-13H2,1-4H3/t14-,18-/m0/s1. The number of anilines is 1. The lowest BCUT2D eigenvalue weighted by molar-refractivity contribution is 0.00544. The summed E-state index contributed by atoms with van der Waals surface area (Å²) in [6.07, 6.45) is 2.97. The molecular formula is C18H27N3O4S. The number of aromatic nitrogens is 1. The summed E-state index contributed by atoms with van der Waals surface area (Å²) in [5.74, 6) is 0.575. The molecule has 2 aliphatic heterocycles. The number of ether oxygens (including phenoxy) is 1. The first-order valence-electron chi connectivity index (χ1n) is 8.98. The van der Waals surface area contributed by atoms with Crippen molar-refractivity contribution in [1.29, 1.82) is 0 Å². The van der Waals surface area contributed by atoms with Crippen LogP contribution in [0.15, 0.2) is 24.4 Å². The van der Waals surface area contributed by atoms with E-state index in [4.69, 9.17) is 4.74 Å². The molecule has 3 heterocycles. The van der Waals surface area contributed by atoms with Crippen LogP contribution in [0.2, 0.25) is 0 Å². The van der Waals surface area contributed by atoms with Crippen LogP contribution in [0, 0.1) is 0 Å². The van der Waals surface area contributed by atoms with Gasteiger partial charge >= 0.3 is 6.09 Å². The number of nitrogens with zero attached hydrogens (tertiary/aromatic N) is 3. The van der Waals surface area contributed by atoms with Crippen molar-refractivity contribution in [2.24, 2.45) is 0 Å². The molecule has 0 bridgehead atoms. The van der Waals surface area contributed by atoms with Gasteiger partial charge in [-0.2, -0.15) is 0 Å². The second kappa shape index (κ2) is 6.40. The highest BCUT2D eigenvalue weighted by atomic mass is 32.2. The van der Waals surface area contributed by atoms with Crippen LogP contribution in [-0.2, 0) is 14.8 Å². The van der Waals surface area contributed by atoms with Gasteiger partial charge in [0.2, 0.25) is 10.0 Å². The third-order valence-corrected chi connectivity index (χ3v) is 6.90. The molecule has 2 atom stereocenters. The van der Waals surface area contributed by atoms with Crippen molar-refractivity contribution in [2.75, 3.05) is 16.6 Å². The molecule has 1 amide bonds. The zero-order chi connectivity index (χ0) is 19.2. The molecule has 0 aromatic carbocycles. The van der Waals surface area contributed by atoms with Gasteiger partial charge in [-0.15, -0.1) is 0 Å². The van der Waals surface area contributed by atoms with Crippen LogP contribution < -0.4 is 4.31 Å². The van der Waals surface area contributed by atoms with Crippen LogP contribution in [0.1, 0.15) is 47.0 Å². The minimum Gasteiger partial charge on any atom is -0.444 e. The molecule has 0 saturated carbocycles. The summed E-state index contributed by atoms with van der Waals surface area (Å²) >= 11 is 0. The molecule has 1 spiro atoms. The van der Waals surface area contributed by atoms with Crippen LogP contribution in [-0.4, -0.2) is 53.9 Å². The van der Waals surface area contributed by atoms with E-state index in [-0.39, 0.29) is 17.9 Å². The van der Waals surface area contributed by atoms with Crippen molar-refractivity contribution in [3.63, 3.8) is 0 Å². The summed E-state index contributed by atoms with van der Waals surface area (Å²) in [4.78, 5) is 18.4. The molecule has 26 heavy (non-hydrogen) atoms. The fraction of sp³-hybridized carbons (Fsp3) is 0.667. The lowest BCUT2D eigenvalue weighted by Crippen LogP contribution is -2.58. The molecule has 3 rings (SSSR count). The van der Waals surface area contributed by atoms with Gasteiger partial charge in [-0.1, -0.05) is 6.07 Å². The Bertz CT molecular complexity index is 775. The maximum absolute atomic E-state index is 12.7. The molecule has 1 aromatic rings. The fourth-order valence-corrected chi connectivity index (χ4v) is 6.04. The Morgan fingerprint density at radius 2 is 2.04 bits per heavy atom. The van der Waals surface area contributed by atoms with E-state index in [2.05, 4.69) is 4.98 Å². The third kappa shape index (κ3) is 3.51. The Morgan fingerprint density at radius 1 is 1.31 bits per heavy atom. The molecule has 7 nitrogen and oxygen atoms in total. The smallest absolute Gasteiger partial charge is 0.410 e. The van der Waals surface area contributed by atoms with Crippen molar-refractivity contribution < 1.29 is 17.9 Å². The van der Waals surface area contributed by atoms with E-state index in [0.717, 1.165) is 0 Å². The molecule has 8 heteroatoms. The molecule has 2 aliphatic rings. The van der Waals surface area contributed by atoms with E-state index < -0.39 is 21.2 Å². The Hall–Kier alpha value is -1.83. The molecule has 2 fully saturated rings. The molecule has 0 unspecified atom stereocenters. The Morgan fingerprint density at radius 3 is 2.62 bits per heavy atom. The van der Waals surface area contributed by atoms with E-state index in [9.17, 15) is 13.2 Å². The lowest BCUT2D eigenvalue weighted by Gasteiger charge is -2.47. The monoisotopic (exact) mass is 381 g/mol. The number of sulfonamides is 1. The molecule has 0 N–H and O–H groups in total. The Balaban J connectivity index is 1.85. The van der Waals surface area contributed by atoms with E-state index in [1.807, 2.05) is 27.7 Å². The van der Waals surface area contributed by atoms with Gasteiger partial charge in [0.05, 0.1) is 11.3 Å². The number of hydrogen-bond donors (Lipinski definition) is 0. The van der Waals surface area contributed by atoms with E-state index in [1.165, 1.54) is 4.31 Å². The van der Waals surface area contributed by atoms with Gasteiger partial charge in [0, 0.05) is 18.8 Å². The average Bonchev–Trinajstić information content (AvgIpc) is 2.77. The topological polar surface area (TPSA) is 79.8 Å². The average molecular weight is 381 g/mol. The van der Waals surface area contributed by atoms with Gasteiger partial charge in [0.1, 0.15) is 11.4 Å². The maximum Gasteiger partial charge on any atom is 0.410 e. The first-order chi connectivity index (χ1) is 12.0. The van der Waals surface area contributed by atoms with E-state index >= 15 is 0 Å². The number of amides is 1. The number of rotatable bonds is 1. The maximum atomic E-state index is 12.7. The van der Waals surface area contributed by atoms with Crippen LogP contribution >= 0.6 is 0 Å². The number of hydrogen-bond acceptors (Lipinski definition) is 5. The summed E-state index contributed by atoms with van der Waals surface area (Å²) in [6.45, 7) is 7.94. The van der Waals surface area contributed by atoms with Crippen molar-refractivity contribution >= 4 is 21.9 Å². The third-order valence-electron chi connectivity index (χ3n) is 5.05. The highest BCUT2D eigenvalue weighted by molar-refractivity contribution is 7.93. The molecule has 144 valence electrons. The second-order valence-electron chi connectivity index (χ2n) is 8.22. The molecule has 2 saturated heterocycles. The van der Waals surface area contributed by atoms with Crippen molar-refractivity contribution in [3.05, 3.63) is 24.4 Å². The van der Waals surface area contributed by atoms with Gasteiger partial charge in [0.25, 0.3) is 0 Å². The highest BCUT2D eigenvalue weighted by Crippen LogP contribution is 2.44. The van der Waals surface area contributed by atoms with Gasteiger partial charge in [-0.05, 0) is 59.1 Å². The predicted molar refractivity (Wildman–Crippen MR) is 99.5 cm³/mol. The first kappa shape index (κ1) is 18.9. The normalized spacial score (nSPS) is 28.4. The van der Waals surface area contributed by atoms with Crippen molar-refractivity contribution in [3.8, 4) is 0 Å². The number of carbonyl (C=O) groups excluding carboxylic acids is 1. The highest BCUT2D eigenvalue weighted by Gasteiger charge is 2.53. The Kier molecular flexibility index (Phi) is 4.67. The summed E-state index contributed by atoms with van der Waals surface area (Å²) in [6, 6.07) is 5.18. The van der Waals surface area contributed by atoms with Gasteiger partial charge < -0.3 is 9.64 Å². The summed E-state index contributed by atoms with van der Waals surface area (Å²) in [5, 5.41) is 0. The molecule has 1 aromatic heterocycles. The Labute approximate surface area is 155 Å². The van der Waals surface area contributed by atoms with Crippen LogP contribution in [0.4, 0.5) is 10.6 Å². The minimum atomic E-state index is -3.40. The number of piperidine rings is 1. The van der Waals surface area contributed by atoms with Gasteiger partial charge in [0.15, 0.2) is 0 Å². The first-order valence-corrected chi connectivity index (χ1v) is 10.6. The number of carbonyl (C=O) groups is 1. The quantitative estimate of drug-likeness (QED) is 0.747. The van der Waals surface area contributed by atoms with Crippen molar-refractivity contribution in [2.45, 2.75) is 64.1 Å². The zero-order valence-corrected chi connectivity index (χ0v) is 16.6. The van der Waals surface area contributed by atoms with E-state index in [0.29, 0.717) is 31.6 Å². The largest absolute Gasteiger partial charge is 0.444 e. The predicted octanol–water partition coefficient (Wildman–Crippen LogP) is 2.78. The van der Waals surface area contributed by atoms with Crippen LogP contribution in [0.25, 0.3) is 0 Å². The minimum absolute atomic E-state index is 0.113. The molecular weight excluding hydrogens is 354 g/mol. The summed E-state index contributed by atoms with van der Waals surface area (Å²) < 4.78 is 32.4. The zero-order valence-electron chi connectivity index (χ0n) is 15.8. The summed E-state index contributed by atoms with van der Waals surface area (Å²) in [5.41, 5.74) is -1.08. The number of pyridine rings is 1. The second-order valence-corrected chi connectivity index (χ2v) is 10.2. The fourth-order valence-electron chi connectivity index (χ4n) is 3.98.